The number of hydrogen-bond donors (Lipinski definition) is 0. The summed E-state index contributed by atoms with van der Waals surface area (Å²) in [5, 5.41) is 0. The predicted molar refractivity (Wildman–Crippen MR) is 106 cm³/mol. The van der Waals surface area contributed by atoms with Crippen molar-refractivity contribution in [2.24, 2.45) is 5.92 Å². The maximum absolute atomic E-state index is 12.2. The lowest BCUT2D eigenvalue weighted by atomic mass is 9.98. The lowest BCUT2D eigenvalue weighted by Gasteiger charge is -2.31. The number of aromatic nitrogens is 2. The van der Waals surface area contributed by atoms with Gasteiger partial charge in [0.25, 0.3) is 0 Å². The first-order valence-corrected chi connectivity index (χ1v) is 9.67. The molecule has 0 bridgehead atoms. The number of esters is 1. The van der Waals surface area contributed by atoms with E-state index >= 15 is 0 Å². The number of hydrogen-bond acceptors (Lipinski definition) is 4. The molecule has 0 saturated carbocycles. The molecule has 0 radical (unpaired) electrons. The van der Waals surface area contributed by atoms with Crippen molar-refractivity contribution in [3.8, 4) is 5.69 Å². The Morgan fingerprint density at radius 3 is 2.74 bits per heavy atom. The Morgan fingerprint density at radius 1 is 1.15 bits per heavy atom. The monoisotopic (exact) mass is 363 g/mol. The van der Waals surface area contributed by atoms with E-state index in [1.165, 1.54) is 0 Å². The zero-order valence-electron chi connectivity index (χ0n) is 15.7. The molecule has 2 aromatic carbocycles. The van der Waals surface area contributed by atoms with Gasteiger partial charge >= 0.3 is 5.97 Å². The summed E-state index contributed by atoms with van der Waals surface area (Å²) < 4.78 is 7.46. The zero-order chi connectivity index (χ0) is 18.6. The Bertz CT molecular complexity index is 920. The van der Waals surface area contributed by atoms with Crippen LogP contribution in [0.5, 0.6) is 0 Å². The lowest BCUT2D eigenvalue weighted by Crippen LogP contribution is -2.39. The summed E-state index contributed by atoms with van der Waals surface area (Å²) in [6.45, 7) is 4.74. The Hall–Kier alpha value is -2.66. The fraction of sp³-hybridized carbons (Fsp3) is 0.364. The molecule has 1 unspecified atom stereocenters. The standard InChI is InChI=1S/C22H25N3O2/c1-2-27-22(26)17-9-8-14-24(15-17)16-21-23-19-12-6-7-13-20(19)25(21)18-10-4-3-5-11-18/h3-7,10-13,17H,2,8-9,14-16H2,1H3. The molecule has 1 aromatic heterocycles. The van der Waals surface area contributed by atoms with Gasteiger partial charge in [0.15, 0.2) is 0 Å². The van der Waals surface area contributed by atoms with Crippen LogP contribution in [0.3, 0.4) is 0 Å². The summed E-state index contributed by atoms with van der Waals surface area (Å²) in [6, 6.07) is 18.6. The molecule has 27 heavy (non-hydrogen) atoms. The van der Waals surface area contributed by atoms with E-state index in [1.54, 1.807) is 0 Å². The van der Waals surface area contributed by atoms with Crippen LogP contribution >= 0.6 is 0 Å². The van der Waals surface area contributed by atoms with Crippen molar-refractivity contribution in [3.05, 3.63) is 60.4 Å². The largest absolute Gasteiger partial charge is 0.466 e. The van der Waals surface area contributed by atoms with Crippen molar-refractivity contribution in [3.63, 3.8) is 0 Å². The number of fused-ring (bicyclic) bond motifs is 1. The highest BCUT2D eigenvalue weighted by Gasteiger charge is 2.28. The highest BCUT2D eigenvalue weighted by Crippen LogP contribution is 2.25. The number of rotatable bonds is 5. The number of ether oxygens (including phenoxy) is 1. The van der Waals surface area contributed by atoms with Crippen LogP contribution in [0.2, 0.25) is 0 Å². The van der Waals surface area contributed by atoms with Gasteiger partial charge < -0.3 is 4.74 Å². The van der Waals surface area contributed by atoms with Gasteiger partial charge in [0.1, 0.15) is 5.82 Å². The van der Waals surface area contributed by atoms with E-state index < -0.39 is 0 Å². The number of piperidine rings is 1. The first-order chi connectivity index (χ1) is 13.3. The molecule has 1 saturated heterocycles. The van der Waals surface area contributed by atoms with Gasteiger partial charge in [-0.15, -0.1) is 0 Å². The third-order valence-electron chi connectivity index (χ3n) is 5.14. The Morgan fingerprint density at radius 2 is 1.93 bits per heavy atom. The summed E-state index contributed by atoms with van der Waals surface area (Å²) in [6.07, 6.45) is 1.92. The molecule has 2 heterocycles. The Labute approximate surface area is 159 Å². The van der Waals surface area contributed by atoms with Crippen molar-refractivity contribution in [1.82, 2.24) is 14.5 Å². The van der Waals surface area contributed by atoms with Gasteiger partial charge in [0.05, 0.1) is 30.1 Å². The van der Waals surface area contributed by atoms with Gasteiger partial charge in [-0.05, 0) is 50.6 Å². The van der Waals surface area contributed by atoms with Gasteiger partial charge in [-0.1, -0.05) is 30.3 Å². The van der Waals surface area contributed by atoms with Crippen LogP contribution < -0.4 is 0 Å². The number of nitrogens with zero attached hydrogens (tertiary/aromatic N) is 3. The van der Waals surface area contributed by atoms with Crippen molar-refractivity contribution in [1.29, 1.82) is 0 Å². The molecule has 1 fully saturated rings. The number of benzene rings is 2. The second-order valence-corrected chi connectivity index (χ2v) is 7.01. The molecular weight excluding hydrogens is 338 g/mol. The molecule has 5 nitrogen and oxygen atoms in total. The van der Waals surface area contributed by atoms with Crippen molar-refractivity contribution < 1.29 is 9.53 Å². The third-order valence-corrected chi connectivity index (χ3v) is 5.14. The van der Waals surface area contributed by atoms with Crippen LogP contribution in [-0.2, 0) is 16.1 Å². The molecule has 3 aromatic rings. The average molecular weight is 363 g/mol. The van der Waals surface area contributed by atoms with Crippen LogP contribution in [0.4, 0.5) is 0 Å². The van der Waals surface area contributed by atoms with Gasteiger partial charge in [-0.3, -0.25) is 14.3 Å². The number of para-hydroxylation sites is 3. The number of imidazole rings is 1. The molecule has 1 aliphatic rings. The van der Waals surface area contributed by atoms with E-state index in [0.717, 1.165) is 55.0 Å². The van der Waals surface area contributed by atoms with Gasteiger partial charge in [0, 0.05) is 12.2 Å². The van der Waals surface area contributed by atoms with Crippen molar-refractivity contribution >= 4 is 17.0 Å². The number of likely N-dealkylation sites (tertiary alicyclic amines) is 1. The maximum Gasteiger partial charge on any atom is 0.310 e. The van der Waals surface area contributed by atoms with E-state index in [4.69, 9.17) is 9.72 Å². The van der Waals surface area contributed by atoms with E-state index in [2.05, 4.69) is 33.7 Å². The van der Waals surface area contributed by atoms with Gasteiger partial charge in [0.2, 0.25) is 0 Å². The van der Waals surface area contributed by atoms with Crippen LogP contribution in [-0.4, -0.2) is 40.1 Å². The average Bonchev–Trinajstić information content (AvgIpc) is 3.07. The van der Waals surface area contributed by atoms with Crippen LogP contribution in [0.15, 0.2) is 54.6 Å². The highest BCUT2D eigenvalue weighted by molar-refractivity contribution is 5.78. The van der Waals surface area contributed by atoms with Crippen molar-refractivity contribution in [2.45, 2.75) is 26.3 Å². The number of carbonyl (C=O) groups excluding carboxylic acids is 1. The summed E-state index contributed by atoms with van der Waals surface area (Å²) in [7, 11) is 0. The zero-order valence-corrected chi connectivity index (χ0v) is 15.7. The quantitative estimate of drug-likeness (QED) is 0.647. The molecule has 0 spiro atoms. The SMILES string of the molecule is CCOC(=O)C1CCCN(Cc2nc3ccccc3n2-c2ccccc2)C1. The molecule has 0 aliphatic carbocycles. The molecule has 1 atom stereocenters. The summed E-state index contributed by atoms with van der Waals surface area (Å²) in [5.74, 6) is 0.902. The normalized spacial score (nSPS) is 17.9. The van der Waals surface area contributed by atoms with Crippen LogP contribution in [0.25, 0.3) is 16.7 Å². The first kappa shape index (κ1) is 17.7. The van der Waals surface area contributed by atoms with E-state index in [1.807, 2.05) is 37.3 Å². The molecule has 5 heteroatoms. The Kier molecular flexibility index (Phi) is 5.21. The summed E-state index contributed by atoms with van der Waals surface area (Å²) in [4.78, 5) is 19.4. The lowest BCUT2D eigenvalue weighted by molar-refractivity contribution is -0.150. The van der Waals surface area contributed by atoms with E-state index in [9.17, 15) is 4.79 Å². The van der Waals surface area contributed by atoms with Crippen molar-refractivity contribution in [2.75, 3.05) is 19.7 Å². The molecular formula is C22H25N3O2. The second kappa shape index (κ2) is 7.92. The fourth-order valence-corrected chi connectivity index (χ4v) is 3.90. The highest BCUT2D eigenvalue weighted by atomic mass is 16.5. The molecule has 140 valence electrons. The smallest absolute Gasteiger partial charge is 0.310 e. The fourth-order valence-electron chi connectivity index (χ4n) is 3.90. The number of carbonyl (C=O) groups is 1. The minimum Gasteiger partial charge on any atom is -0.466 e. The van der Waals surface area contributed by atoms with Crippen LogP contribution in [0.1, 0.15) is 25.6 Å². The molecule has 1 aliphatic heterocycles. The first-order valence-electron chi connectivity index (χ1n) is 9.67. The molecule has 4 rings (SSSR count). The predicted octanol–water partition coefficient (Wildman–Crippen LogP) is 3.80. The molecule has 0 N–H and O–H groups in total. The summed E-state index contributed by atoms with van der Waals surface area (Å²) >= 11 is 0. The topological polar surface area (TPSA) is 47.4 Å². The van der Waals surface area contributed by atoms with Crippen LogP contribution in [0, 0.1) is 5.92 Å². The minimum atomic E-state index is -0.0706. The van der Waals surface area contributed by atoms with Gasteiger partial charge in [-0.25, -0.2) is 4.98 Å². The Balaban J connectivity index is 1.63. The van der Waals surface area contributed by atoms with E-state index in [-0.39, 0.29) is 11.9 Å². The van der Waals surface area contributed by atoms with E-state index in [0.29, 0.717) is 6.61 Å². The van der Waals surface area contributed by atoms with Gasteiger partial charge in [-0.2, -0.15) is 0 Å². The summed E-state index contributed by atoms with van der Waals surface area (Å²) in [5.41, 5.74) is 3.22. The maximum atomic E-state index is 12.2. The molecule has 0 amide bonds. The minimum absolute atomic E-state index is 0.0340. The third kappa shape index (κ3) is 3.74. The second-order valence-electron chi connectivity index (χ2n) is 7.01.